The summed E-state index contributed by atoms with van der Waals surface area (Å²) in [5.41, 5.74) is 5.14. The minimum absolute atomic E-state index is 0.0923. The number of aliphatic hydroxyl groups is 1. The maximum atomic E-state index is 13.1. The predicted molar refractivity (Wildman–Crippen MR) is 133 cm³/mol. The first-order chi connectivity index (χ1) is 16.5. The number of hydrogen-bond acceptors (Lipinski definition) is 6. The van der Waals surface area contributed by atoms with Crippen molar-refractivity contribution in [2.24, 2.45) is 0 Å². The van der Waals surface area contributed by atoms with Crippen LogP contribution < -0.4 is 5.56 Å². The Labute approximate surface area is 200 Å². The molecule has 0 bridgehead atoms. The van der Waals surface area contributed by atoms with Gasteiger partial charge in [-0.2, -0.15) is 0 Å². The van der Waals surface area contributed by atoms with E-state index in [1.807, 2.05) is 32.0 Å². The molecule has 2 aliphatic rings. The number of carbonyl (C=O) groups excluding carboxylic acids is 1. The van der Waals surface area contributed by atoms with Gasteiger partial charge >= 0.3 is 5.97 Å². The van der Waals surface area contributed by atoms with Crippen LogP contribution in [0.1, 0.15) is 75.8 Å². The monoisotopic (exact) mass is 466 g/mol. The van der Waals surface area contributed by atoms with Crippen LogP contribution in [-0.2, 0) is 33.8 Å². The Morgan fingerprint density at radius 2 is 1.82 bits per heavy atom. The topological polar surface area (TPSA) is 90.7 Å². The first-order valence-corrected chi connectivity index (χ1v) is 12.1. The highest BCUT2D eigenvalue weighted by Gasteiger charge is 2.36. The highest BCUT2D eigenvalue weighted by molar-refractivity contribution is 5.88. The molecule has 0 aliphatic carbocycles. The first kappa shape index (κ1) is 25.6. The standard InChI is InChI=1S/C21H18N2O5.C4H10.C2H6/c1-2-11-12-5-3-4-6-16(12)22-18-14(11)8-23-17(18)7-13-15(20(23)25)9-27-21(26)19(13)28-10-24;1-3-4-2;1-2/h3-7,19,24H,2,8-10H2,1H3;3-4H2,1-2H3;1-2H3/t19-;;/m0../s1. The van der Waals surface area contributed by atoms with Crippen molar-refractivity contribution in [1.82, 2.24) is 9.55 Å². The molecule has 7 heteroatoms. The third kappa shape index (κ3) is 4.50. The third-order valence-corrected chi connectivity index (χ3v) is 6.06. The van der Waals surface area contributed by atoms with Crippen LogP contribution in [0.2, 0.25) is 0 Å². The molecule has 3 aromatic rings. The molecular weight excluding hydrogens is 432 g/mol. The molecule has 5 rings (SSSR count). The molecule has 2 aromatic heterocycles. The van der Waals surface area contributed by atoms with E-state index in [-0.39, 0.29) is 12.2 Å². The van der Waals surface area contributed by atoms with Gasteiger partial charge in [0.1, 0.15) is 13.4 Å². The van der Waals surface area contributed by atoms with E-state index in [0.29, 0.717) is 23.4 Å². The number of aryl methyl sites for hydroxylation is 1. The zero-order chi connectivity index (χ0) is 24.8. The Morgan fingerprint density at radius 3 is 2.47 bits per heavy atom. The van der Waals surface area contributed by atoms with Crippen molar-refractivity contribution in [3.05, 3.63) is 62.9 Å². The molecule has 1 atom stereocenters. The molecule has 0 amide bonds. The number of aromatic nitrogens is 2. The molecule has 1 aromatic carbocycles. The Morgan fingerprint density at radius 1 is 1.12 bits per heavy atom. The molecule has 0 spiro atoms. The number of cyclic esters (lactones) is 1. The number of esters is 1. The molecule has 0 saturated heterocycles. The average Bonchev–Trinajstić information content (AvgIpc) is 3.24. The summed E-state index contributed by atoms with van der Waals surface area (Å²) in [5, 5.41) is 10.2. The van der Waals surface area contributed by atoms with Crippen molar-refractivity contribution >= 4 is 16.9 Å². The molecule has 0 saturated carbocycles. The number of carbonyl (C=O) groups is 1. The number of para-hydroxylation sites is 1. The molecule has 1 N–H and O–H groups in total. The summed E-state index contributed by atoms with van der Waals surface area (Å²) in [7, 11) is 0. The highest BCUT2D eigenvalue weighted by Crippen LogP contribution is 2.38. The minimum atomic E-state index is -1.11. The third-order valence-electron chi connectivity index (χ3n) is 6.06. The number of fused-ring (bicyclic) bond motifs is 5. The lowest BCUT2D eigenvalue weighted by atomic mass is 9.97. The fraction of sp³-hybridized carbons (Fsp3) is 0.444. The van der Waals surface area contributed by atoms with Crippen molar-refractivity contribution < 1.29 is 19.4 Å². The zero-order valence-corrected chi connectivity index (χ0v) is 20.7. The summed E-state index contributed by atoms with van der Waals surface area (Å²) in [4.78, 5) is 30.1. The highest BCUT2D eigenvalue weighted by atomic mass is 16.6. The van der Waals surface area contributed by atoms with Gasteiger partial charge in [0.15, 0.2) is 6.10 Å². The smallest absolute Gasteiger partial charge is 0.340 e. The van der Waals surface area contributed by atoms with E-state index in [9.17, 15) is 9.59 Å². The largest absolute Gasteiger partial charge is 0.458 e. The van der Waals surface area contributed by atoms with Gasteiger partial charge in [0.2, 0.25) is 0 Å². The molecular formula is C27H34N2O5. The predicted octanol–water partition coefficient (Wildman–Crippen LogP) is 4.88. The maximum absolute atomic E-state index is 13.1. The lowest BCUT2D eigenvalue weighted by Crippen LogP contribution is -2.33. The van der Waals surface area contributed by atoms with Crippen LogP contribution in [0.4, 0.5) is 0 Å². The molecule has 182 valence electrons. The first-order valence-electron chi connectivity index (χ1n) is 12.1. The number of unbranched alkanes of at least 4 members (excludes halogenated alkanes) is 1. The van der Waals surface area contributed by atoms with Crippen molar-refractivity contribution in [2.75, 3.05) is 6.79 Å². The van der Waals surface area contributed by atoms with Crippen molar-refractivity contribution in [3.63, 3.8) is 0 Å². The number of benzene rings is 1. The fourth-order valence-electron chi connectivity index (χ4n) is 4.28. The Balaban J connectivity index is 0.000000492. The van der Waals surface area contributed by atoms with Gasteiger partial charge < -0.3 is 19.1 Å². The number of hydrogen-bond donors (Lipinski definition) is 1. The van der Waals surface area contributed by atoms with E-state index >= 15 is 0 Å². The van der Waals surface area contributed by atoms with Crippen LogP contribution in [0, 0.1) is 0 Å². The van der Waals surface area contributed by atoms with Gasteiger partial charge in [-0.25, -0.2) is 9.78 Å². The molecule has 0 radical (unpaired) electrons. The van der Waals surface area contributed by atoms with E-state index in [1.54, 1.807) is 10.6 Å². The molecule has 34 heavy (non-hydrogen) atoms. The zero-order valence-electron chi connectivity index (χ0n) is 20.7. The lowest BCUT2D eigenvalue weighted by molar-refractivity contribution is -0.168. The summed E-state index contributed by atoms with van der Waals surface area (Å²) in [5.74, 6) is -0.607. The SMILES string of the molecule is CC.CCCC.CCc1c2c(nc3ccccc13)-c1cc3c(c(=O)n1C2)COC(=O)[C@H]3OCO. The van der Waals surface area contributed by atoms with Gasteiger partial charge in [-0.05, 0) is 24.1 Å². The number of nitrogens with zero attached hydrogens (tertiary/aromatic N) is 2. The van der Waals surface area contributed by atoms with Crippen LogP contribution in [0.5, 0.6) is 0 Å². The summed E-state index contributed by atoms with van der Waals surface area (Å²) >= 11 is 0. The maximum Gasteiger partial charge on any atom is 0.340 e. The molecule has 2 aliphatic heterocycles. The second kappa shape index (κ2) is 11.4. The van der Waals surface area contributed by atoms with E-state index in [1.165, 1.54) is 18.4 Å². The van der Waals surface area contributed by atoms with Gasteiger partial charge in [0.25, 0.3) is 5.56 Å². The fourth-order valence-corrected chi connectivity index (χ4v) is 4.28. The number of ether oxygens (including phenoxy) is 2. The van der Waals surface area contributed by atoms with Crippen LogP contribution in [0.25, 0.3) is 22.3 Å². The van der Waals surface area contributed by atoms with E-state index in [2.05, 4.69) is 26.8 Å². The van der Waals surface area contributed by atoms with Crippen LogP contribution in [0.3, 0.4) is 0 Å². The normalized spacial score (nSPS) is 15.2. The molecule has 0 unspecified atom stereocenters. The quantitative estimate of drug-likeness (QED) is 0.340. The van der Waals surface area contributed by atoms with Crippen molar-refractivity contribution in [3.8, 4) is 11.4 Å². The molecule has 4 heterocycles. The van der Waals surface area contributed by atoms with Crippen LogP contribution in [-0.4, -0.2) is 27.4 Å². The summed E-state index contributed by atoms with van der Waals surface area (Å²) in [6.07, 6.45) is 2.36. The van der Waals surface area contributed by atoms with Gasteiger partial charge in [-0.15, -0.1) is 0 Å². The lowest BCUT2D eigenvalue weighted by Gasteiger charge is -2.24. The molecule has 7 nitrogen and oxygen atoms in total. The second-order valence-electron chi connectivity index (χ2n) is 7.93. The van der Waals surface area contributed by atoms with Crippen molar-refractivity contribution in [2.45, 2.75) is 73.1 Å². The molecule has 0 fully saturated rings. The van der Waals surface area contributed by atoms with Crippen LogP contribution in [0.15, 0.2) is 35.1 Å². The van der Waals surface area contributed by atoms with Gasteiger partial charge in [-0.3, -0.25) is 4.79 Å². The average molecular weight is 467 g/mol. The Bertz CT molecular complexity index is 1230. The van der Waals surface area contributed by atoms with Crippen molar-refractivity contribution in [1.29, 1.82) is 0 Å². The summed E-state index contributed by atoms with van der Waals surface area (Å²) in [6, 6.07) is 9.73. The summed E-state index contributed by atoms with van der Waals surface area (Å²) in [6.45, 7) is 10.2. The van der Waals surface area contributed by atoms with Gasteiger partial charge in [-0.1, -0.05) is 65.7 Å². The number of pyridine rings is 2. The minimum Gasteiger partial charge on any atom is -0.458 e. The van der Waals surface area contributed by atoms with Gasteiger partial charge in [0, 0.05) is 16.5 Å². The Hall–Kier alpha value is -3.03. The second-order valence-corrected chi connectivity index (χ2v) is 7.93. The number of rotatable bonds is 4. The summed E-state index contributed by atoms with van der Waals surface area (Å²) < 4.78 is 11.9. The van der Waals surface area contributed by atoms with Crippen LogP contribution >= 0.6 is 0 Å². The van der Waals surface area contributed by atoms with E-state index < -0.39 is 18.9 Å². The Kier molecular flexibility index (Phi) is 8.58. The van der Waals surface area contributed by atoms with E-state index in [4.69, 9.17) is 19.6 Å². The van der Waals surface area contributed by atoms with E-state index in [0.717, 1.165) is 28.6 Å². The number of aliphatic hydroxyl groups excluding tert-OH is 1. The van der Waals surface area contributed by atoms with Gasteiger partial charge in [0.05, 0.1) is 29.0 Å².